The van der Waals surface area contributed by atoms with Crippen molar-refractivity contribution >= 4 is 0 Å². The molecular formula is C27H28FN5O. The average molecular weight is 458 g/mol. The van der Waals surface area contributed by atoms with E-state index in [9.17, 15) is 0 Å². The Balaban J connectivity index is 1.64. The van der Waals surface area contributed by atoms with E-state index in [0.29, 0.717) is 11.4 Å². The van der Waals surface area contributed by atoms with Gasteiger partial charge in [0.15, 0.2) is 0 Å². The van der Waals surface area contributed by atoms with Crippen LogP contribution >= 0.6 is 0 Å². The number of ether oxygens (including phenoxy) is 1. The minimum atomic E-state index is -0.248. The van der Waals surface area contributed by atoms with Crippen LogP contribution in [0.1, 0.15) is 17.2 Å². The number of H-pyrrole nitrogens is 1. The van der Waals surface area contributed by atoms with Gasteiger partial charge in [0.05, 0.1) is 19.3 Å². The molecule has 4 aromatic rings. The van der Waals surface area contributed by atoms with E-state index >= 15 is 4.39 Å². The molecule has 174 valence electrons. The normalized spacial score (nSPS) is 15.9. The first-order valence-corrected chi connectivity index (χ1v) is 11.4. The van der Waals surface area contributed by atoms with Crippen LogP contribution in [0.3, 0.4) is 0 Å². The number of aromatic amines is 1. The lowest BCUT2D eigenvalue weighted by Gasteiger charge is -2.38. The SMILES string of the molecule is COc1ccc(-c2ccc(C(c3cn[nH]c3)N3CCN(C)CC3)cc2-c2ccccc2F)cn1. The zero-order valence-corrected chi connectivity index (χ0v) is 19.4. The van der Waals surface area contributed by atoms with Gasteiger partial charge >= 0.3 is 0 Å². The van der Waals surface area contributed by atoms with E-state index in [1.165, 1.54) is 6.07 Å². The van der Waals surface area contributed by atoms with Gasteiger partial charge in [0.2, 0.25) is 5.88 Å². The monoisotopic (exact) mass is 457 g/mol. The summed E-state index contributed by atoms with van der Waals surface area (Å²) in [6.45, 7) is 3.91. The number of aromatic nitrogens is 3. The van der Waals surface area contributed by atoms with Crippen LogP contribution in [0.2, 0.25) is 0 Å². The molecule has 5 rings (SSSR count). The van der Waals surface area contributed by atoms with Gasteiger partial charge in [-0.15, -0.1) is 0 Å². The Bertz CT molecular complexity index is 1230. The topological polar surface area (TPSA) is 57.3 Å². The number of halogens is 1. The van der Waals surface area contributed by atoms with Crippen molar-refractivity contribution in [3.8, 4) is 28.1 Å². The first-order valence-electron chi connectivity index (χ1n) is 11.4. The summed E-state index contributed by atoms with van der Waals surface area (Å²) < 4.78 is 20.2. The van der Waals surface area contributed by atoms with Crippen molar-refractivity contribution in [3.05, 3.63) is 90.1 Å². The van der Waals surface area contributed by atoms with Crippen LogP contribution < -0.4 is 4.74 Å². The minimum Gasteiger partial charge on any atom is -0.481 e. The number of pyridine rings is 1. The van der Waals surface area contributed by atoms with Gasteiger partial charge in [-0.3, -0.25) is 10.00 Å². The summed E-state index contributed by atoms with van der Waals surface area (Å²) in [6.07, 6.45) is 5.60. The Morgan fingerprint density at radius 2 is 1.74 bits per heavy atom. The van der Waals surface area contributed by atoms with Crippen LogP contribution in [0.25, 0.3) is 22.3 Å². The molecule has 0 radical (unpaired) electrons. The van der Waals surface area contributed by atoms with Crippen LogP contribution in [-0.2, 0) is 0 Å². The van der Waals surface area contributed by atoms with Gasteiger partial charge < -0.3 is 9.64 Å². The smallest absolute Gasteiger partial charge is 0.212 e. The second kappa shape index (κ2) is 9.75. The van der Waals surface area contributed by atoms with Gasteiger partial charge in [0, 0.05) is 61.3 Å². The maximum atomic E-state index is 15.0. The molecule has 34 heavy (non-hydrogen) atoms. The summed E-state index contributed by atoms with van der Waals surface area (Å²) in [5, 5.41) is 7.18. The lowest BCUT2D eigenvalue weighted by Crippen LogP contribution is -2.46. The van der Waals surface area contributed by atoms with Crippen LogP contribution in [0, 0.1) is 5.82 Å². The standard InChI is InChI=1S/C27H28FN5O/c1-32-11-13-33(14-12-32)27(21-17-30-31-18-21)19-7-9-22(20-8-10-26(34-2)29-16-20)24(15-19)23-5-3-4-6-25(23)28/h3-10,15-18,27H,11-14H2,1-2H3,(H,30,31). The predicted octanol–water partition coefficient (Wildman–Crippen LogP) is 4.62. The largest absolute Gasteiger partial charge is 0.481 e. The molecule has 7 heteroatoms. The first-order chi connectivity index (χ1) is 16.6. The Hall–Kier alpha value is -3.55. The van der Waals surface area contributed by atoms with E-state index in [2.05, 4.69) is 50.2 Å². The van der Waals surface area contributed by atoms with Gasteiger partial charge in [-0.1, -0.05) is 30.3 Å². The molecule has 0 aliphatic carbocycles. The van der Waals surface area contributed by atoms with Crippen molar-refractivity contribution in [2.45, 2.75) is 6.04 Å². The second-order valence-corrected chi connectivity index (χ2v) is 8.65. The molecule has 1 fully saturated rings. The summed E-state index contributed by atoms with van der Waals surface area (Å²) in [7, 11) is 3.74. The van der Waals surface area contributed by atoms with Crippen molar-refractivity contribution < 1.29 is 9.13 Å². The highest BCUT2D eigenvalue weighted by atomic mass is 19.1. The zero-order valence-electron chi connectivity index (χ0n) is 19.4. The maximum absolute atomic E-state index is 15.0. The molecule has 3 heterocycles. The van der Waals surface area contributed by atoms with Crippen LogP contribution in [0.15, 0.2) is 73.2 Å². The molecule has 2 aromatic carbocycles. The van der Waals surface area contributed by atoms with Crippen LogP contribution in [-0.4, -0.2) is 65.3 Å². The highest BCUT2D eigenvalue weighted by molar-refractivity contribution is 5.84. The van der Waals surface area contributed by atoms with Gasteiger partial charge in [-0.05, 0) is 41.9 Å². The number of benzene rings is 2. The van der Waals surface area contributed by atoms with Crippen molar-refractivity contribution in [2.75, 3.05) is 40.3 Å². The first kappa shape index (κ1) is 22.3. The minimum absolute atomic E-state index is 0.0287. The Kier molecular flexibility index (Phi) is 6.38. The fourth-order valence-electron chi connectivity index (χ4n) is 4.65. The molecule has 0 amide bonds. The van der Waals surface area contributed by atoms with Gasteiger partial charge in [0.25, 0.3) is 0 Å². The Morgan fingerprint density at radius 1 is 0.912 bits per heavy atom. The quantitative estimate of drug-likeness (QED) is 0.458. The number of hydrogen-bond acceptors (Lipinski definition) is 5. The molecule has 1 unspecified atom stereocenters. The van der Waals surface area contributed by atoms with Crippen molar-refractivity contribution in [3.63, 3.8) is 0 Å². The number of methoxy groups -OCH3 is 1. The molecule has 1 saturated heterocycles. The summed E-state index contributed by atoms with van der Waals surface area (Å²) in [4.78, 5) is 9.18. The lowest BCUT2D eigenvalue weighted by molar-refractivity contribution is 0.127. The second-order valence-electron chi connectivity index (χ2n) is 8.65. The maximum Gasteiger partial charge on any atom is 0.212 e. The van der Waals surface area contributed by atoms with E-state index in [-0.39, 0.29) is 11.9 Å². The third kappa shape index (κ3) is 4.44. The third-order valence-corrected chi connectivity index (χ3v) is 6.52. The molecule has 1 aliphatic heterocycles. The highest BCUT2D eigenvalue weighted by Crippen LogP contribution is 2.38. The van der Waals surface area contributed by atoms with Crippen LogP contribution in [0.5, 0.6) is 5.88 Å². The number of piperazine rings is 1. The number of nitrogens with zero attached hydrogens (tertiary/aromatic N) is 4. The number of likely N-dealkylation sites (N-methyl/N-ethyl adjacent to an activating group) is 1. The number of rotatable bonds is 6. The highest BCUT2D eigenvalue weighted by Gasteiger charge is 2.27. The zero-order chi connectivity index (χ0) is 23.5. The molecule has 1 atom stereocenters. The third-order valence-electron chi connectivity index (χ3n) is 6.52. The van der Waals surface area contributed by atoms with E-state index < -0.39 is 0 Å². The van der Waals surface area contributed by atoms with E-state index in [4.69, 9.17) is 4.74 Å². The number of nitrogens with one attached hydrogen (secondary N) is 1. The van der Waals surface area contributed by atoms with Crippen LogP contribution in [0.4, 0.5) is 4.39 Å². The van der Waals surface area contributed by atoms with E-state index in [1.54, 1.807) is 19.4 Å². The summed E-state index contributed by atoms with van der Waals surface area (Å²) in [6, 6.07) is 17.1. The van der Waals surface area contributed by atoms with Gasteiger partial charge in [-0.25, -0.2) is 9.37 Å². The molecule has 1 aliphatic rings. The van der Waals surface area contributed by atoms with E-state index in [1.807, 2.05) is 36.7 Å². The average Bonchev–Trinajstić information content (AvgIpc) is 3.40. The Labute approximate surface area is 199 Å². The fourth-order valence-corrected chi connectivity index (χ4v) is 4.65. The summed E-state index contributed by atoms with van der Waals surface area (Å²) in [5.74, 6) is 0.296. The molecule has 0 bridgehead atoms. The van der Waals surface area contributed by atoms with Crippen molar-refractivity contribution in [1.29, 1.82) is 0 Å². The summed E-state index contributed by atoms with van der Waals surface area (Å²) >= 11 is 0. The molecule has 0 spiro atoms. The van der Waals surface area contributed by atoms with E-state index in [0.717, 1.165) is 54.0 Å². The molecule has 1 N–H and O–H groups in total. The molecular weight excluding hydrogens is 429 g/mol. The lowest BCUT2D eigenvalue weighted by atomic mass is 9.89. The predicted molar refractivity (Wildman–Crippen MR) is 131 cm³/mol. The molecule has 2 aromatic heterocycles. The molecule has 0 saturated carbocycles. The van der Waals surface area contributed by atoms with Gasteiger partial charge in [-0.2, -0.15) is 5.10 Å². The number of hydrogen-bond donors (Lipinski definition) is 1. The molecule has 6 nitrogen and oxygen atoms in total. The summed E-state index contributed by atoms with van der Waals surface area (Å²) in [5.41, 5.74) is 5.44. The van der Waals surface area contributed by atoms with Crippen molar-refractivity contribution in [2.24, 2.45) is 0 Å². The van der Waals surface area contributed by atoms with Crippen molar-refractivity contribution in [1.82, 2.24) is 25.0 Å². The Morgan fingerprint density at radius 3 is 2.41 bits per heavy atom. The fraction of sp³-hybridized carbons (Fsp3) is 0.259. The van der Waals surface area contributed by atoms with Gasteiger partial charge in [0.1, 0.15) is 5.82 Å².